The predicted molar refractivity (Wildman–Crippen MR) is 92.4 cm³/mol. The zero-order chi connectivity index (χ0) is 17.1. The number of anilines is 1. The lowest BCUT2D eigenvalue weighted by atomic mass is 10.1. The van der Waals surface area contributed by atoms with Crippen LogP contribution < -0.4 is 13.6 Å². The van der Waals surface area contributed by atoms with Crippen molar-refractivity contribution in [1.29, 1.82) is 0 Å². The van der Waals surface area contributed by atoms with E-state index in [4.69, 9.17) is 8.92 Å². The van der Waals surface area contributed by atoms with Crippen LogP contribution in [0.5, 0.6) is 17.2 Å². The van der Waals surface area contributed by atoms with Crippen LogP contribution in [0.1, 0.15) is 22.3 Å². The second-order valence-electron chi connectivity index (χ2n) is 5.43. The lowest BCUT2D eigenvalue weighted by Crippen LogP contribution is -2.13. The Morgan fingerprint density at radius 3 is 2.35 bits per heavy atom. The van der Waals surface area contributed by atoms with Gasteiger partial charge in [-0.1, -0.05) is 17.7 Å². The summed E-state index contributed by atoms with van der Waals surface area (Å²) in [4.78, 5) is 0. The number of hydrogen-bond acceptors (Lipinski definition) is 4. The van der Waals surface area contributed by atoms with Gasteiger partial charge in [0.25, 0.3) is 0 Å². The molecule has 0 aliphatic carbocycles. The second-order valence-corrected chi connectivity index (χ2v) is 6.27. The minimum absolute atomic E-state index is 0.0286. The first-order valence-electron chi connectivity index (χ1n) is 7.14. The first-order valence-corrected chi connectivity index (χ1v) is 8.22. The summed E-state index contributed by atoms with van der Waals surface area (Å²) in [6.45, 7) is 7.38. The van der Waals surface area contributed by atoms with Crippen molar-refractivity contribution < 1.29 is 18.2 Å². The Balaban J connectivity index is 2.25. The van der Waals surface area contributed by atoms with Gasteiger partial charge in [-0.05, 0) is 51.0 Å². The number of hydrogen-bond donors (Lipinski definition) is 2. The number of aryl methyl sites for hydroxylation is 3. The third-order valence-electron chi connectivity index (χ3n) is 3.60. The van der Waals surface area contributed by atoms with Gasteiger partial charge in [0, 0.05) is 5.56 Å². The van der Waals surface area contributed by atoms with Gasteiger partial charge in [-0.2, -0.15) is 4.21 Å². The van der Waals surface area contributed by atoms with Crippen LogP contribution in [0.15, 0.2) is 24.3 Å². The third kappa shape index (κ3) is 3.76. The molecular weight excluding hydrogens is 314 g/mol. The van der Waals surface area contributed by atoms with Crippen LogP contribution in [-0.2, 0) is 11.3 Å². The smallest absolute Gasteiger partial charge is 0.316 e. The molecule has 1 atom stereocenters. The molecule has 1 unspecified atom stereocenters. The molecule has 0 bridgehead atoms. The van der Waals surface area contributed by atoms with E-state index in [0.717, 1.165) is 11.1 Å². The van der Waals surface area contributed by atoms with Crippen LogP contribution in [0.25, 0.3) is 0 Å². The summed E-state index contributed by atoms with van der Waals surface area (Å²) in [5, 5.41) is 10.2. The third-order valence-corrected chi connectivity index (χ3v) is 4.31. The van der Waals surface area contributed by atoms with Crippen LogP contribution in [0.4, 0.5) is 5.69 Å². The number of phenolic OH excluding ortho intramolecular Hbond substituents is 1. The zero-order valence-electron chi connectivity index (χ0n) is 13.9. The molecule has 2 N–H and O–H groups in total. The average molecular weight is 335 g/mol. The monoisotopic (exact) mass is 335 g/mol. The number of phenols is 1. The van der Waals surface area contributed by atoms with Gasteiger partial charge in [0.05, 0.1) is 12.8 Å². The predicted octanol–water partition coefficient (Wildman–Crippen LogP) is 3.70. The lowest BCUT2D eigenvalue weighted by molar-refractivity contribution is 0.409. The minimum Gasteiger partial charge on any atom is -0.505 e. The molecule has 0 aromatic heterocycles. The molecule has 0 aliphatic rings. The van der Waals surface area contributed by atoms with Crippen molar-refractivity contribution in [2.45, 2.75) is 27.7 Å². The van der Waals surface area contributed by atoms with Crippen LogP contribution >= 0.6 is 0 Å². The van der Waals surface area contributed by atoms with Crippen LogP contribution in [0.3, 0.4) is 0 Å². The number of nitrogens with one attached hydrogen (secondary N) is 1. The molecule has 0 aliphatic heterocycles. The fourth-order valence-corrected chi connectivity index (χ4v) is 3.09. The highest BCUT2D eigenvalue weighted by Gasteiger charge is 2.16. The van der Waals surface area contributed by atoms with Gasteiger partial charge in [-0.15, -0.1) is 0 Å². The Kier molecular flexibility index (Phi) is 5.15. The van der Waals surface area contributed by atoms with Gasteiger partial charge in [0.15, 0.2) is 0 Å². The number of ether oxygens (including phenoxy) is 1. The molecule has 5 nitrogen and oxygen atoms in total. The van der Waals surface area contributed by atoms with Crippen molar-refractivity contribution in [3.8, 4) is 17.2 Å². The summed E-state index contributed by atoms with van der Waals surface area (Å²) in [6.07, 6.45) is 0. The van der Waals surface area contributed by atoms with Crippen molar-refractivity contribution in [1.82, 2.24) is 0 Å². The average Bonchev–Trinajstić information content (AvgIpc) is 2.50. The summed E-state index contributed by atoms with van der Waals surface area (Å²) in [7, 11) is 1.55. The first kappa shape index (κ1) is 17.1. The van der Waals surface area contributed by atoms with Crippen LogP contribution in [0.2, 0.25) is 0 Å². The van der Waals surface area contributed by atoms with E-state index in [9.17, 15) is 9.32 Å². The molecule has 124 valence electrons. The molecule has 23 heavy (non-hydrogen) atoms. The van der Waals surface area contributed by atoms with E-state index < -0.39 is 11.3 Å². The number of aromatic hydroxyl groups is 1. The number of rotatable bonds is 5. The summed E-state index contributed by atoms with van der Waals surface area (Å²) >= 11 is -1.84. The minimum atomic E-state index is -1.84. The summed E-state index contributed by atoms with van der Waals surface area (Å²) in [5.74, 6) is 1.16. The van der Waals surface area contributed by atoms with Crippen molar-refractivity contribution in [3.05, 3.63) is 46.5 Å². The molecule has 2 aromatic rings. The molecular formula is C17H21NO4S. The molecule has 0 heterocycles. The SMILES string of the molecule is COc1cc(C)c(O)c(NS(=O)Oc2ccc(C)cc2C)c1C. The maximum Gasteiger partial charge on any atom is 0.316 e. The number of benzene rings is 2. The molecule has 0 radical (unpaired) electrons. The van der Waals surface area contributed by atoms with Crippen LogP contribution in [0, 0.1) is 27.7 Å². The van der Waals surface area contributed by atoms with Crippen molar-refractivity contribution in [3.63, 3.8) is 0 Å². The summed E-state index contributed by atoms with van der Waals surface area (Å²) < 4.78 is 25.7. The van der Waals surface area contributed by atoms with E-state index >= 15 is 0 Å². The number of methoxy groups -OCH3 is 1. The Labute approximate surface area is 139 Å². The van der Waals surface area contributed by atoms with Crippen molar-refractivity contribution in [2.24, 2.45) is 0 Å². The molecule has 6 heteroatoms. The van der Waals surface area contributed by atoms with Gasteiger partial charge in [-0.25, -0.2) is 0 Å². The normalized spacial score (nSPS) is 11.9. The fourth-order valence-electron chi connectivity index (χ4n) is 2.29. The Bertz CT molecular complexity index is 759. The molecule has 2 rings (SSSR count). The Morgan fingerprint density at radius 2 is 1.74 bits per heavy atom. The highest BCUT2D eigenvalue weighted by molar-refractivity contribution is 7.82. The van der Waals surface area contributed by atoms with Gasteiger partial charge in [0.1, 0.15) is 17.2 Å². The molecule has 2 aromatic carbocycles. The summed E-state index contributed by atoms with van der Waals surface area (Å²) in [5.41, 5.74) is 3.62. The topological polar surface area (TPSA) is 67.8 Å². The van der Waals surface area contributed by atoms with E-state index in [1.807, 2.05) is 26.0 Å². The maximum absolute atomic E-state index is 12.3. The second kappa shape index (κ2) is 6.91. The molecule has 0 fully saturated rings. The van der Waals surface area contributed by atoms with Gasteiger partial charge in [0.2, 0.25) is 0 Å². The van der Waals surface area contributed by atoms with Gasteiger partial charge < -0.3 is 14.0 Å². The molecule has 0 saturated carbocycles. The Morgan fingerprint density at radius 1 is 1.04 bits per heavy atom. The van der Waals surface area contributed by atoms with Gasteiger partial charge in [-0.3, -0.25) is 4.72 Å². The van der Waals surface area contributed by atoms with E-state index in [-0.39, 0.29) is 5.75 Å². The molecule has 0 amide bonds. The quantitative estimate of drug-likeness (QED) is 0.818. The van der Waals surface area contributed by atoms with E-state index in [0.29, 0.717) is 28.3 Å². The van der Waals surface area contributed by atoms with Gasteiger partial charge >= 0.3 is 11.3 Å². The largest absolute Gasteiger partial charge is 0.505 e. The van der Waals surface area contributed by atoms with Crippen LogP contribution in [-0.4, -0.2) is 16.4 Å². The van der Waals surface area contributed by atoms with E-state index in [1.165, 1.54) is 0 Å². The Hall–Kier alpha value is -2.21. The van der Waals surface area contributed by atoms with E-state index in [1.54, 1.807) is 33.1 Å². The standard InChI is InChI=1S/C17H21NO4S/c1-10-6-7-14(11(2)8-10)22-23(20)18-16-13(4)15(21-5)9-12(3)17(16)19/h6-9,18-19H,1-5H3. The lowest BCUT2D eigenvalue weighted by Gasteiger charge is -2.16. The highest BCUT2D eigenvalue weighted by Crippen LogP contribution is 2.37. The first-order chi connectivity index (χ1) is 10.8. The highest BCUT2D eigenvalue weighted by atomic mass is 32.2. The molecule has 0 saturated heterocycles. The van der Waals surface area contributed by atoms with E-state index in [2.05, 4.69) is 4.72 Å². The molecule has 0 spiro atoms. The zero-order valence-corrected chi connectivity index (χ0v) is 14.7. The summed E-state index contributed by atoms with van der Waals surface area (Å²) in [6, 6.07) is 7.33. The van der Waals surface area contributed by atoms with Crippen molar-refractivity contribution >= 4 is 17.0 Å². The maximum atomic E-state index is 12.3. The fraction of sp³-hybridized carbons (Fsp3) is 0.294. The van der Waals surface area contributed by atoms with Crippen molar-refractivity contribution in [2.75, 3.05) is 11.8 Å².